The summed E-state index contributed by atoms with van der Waals surface area (Å²) >= 11 is 1.39. The minimum absolute atomic E-state index is 0.0411. The molecule has 2 aliphatic rings. The van der Waals surface area contributed by atoms with Gasteiger partial charge in [-0.15, -0.1) is 5.10 Å². The molecule has 0 radical (unpaired) electrons. The summed E-state index contributed by atoms with van der Waals surface area (Å²) < 4.78 is 6.59. The van der Waals surface area contributed by atoms with Crippen LogP contribution < -0.4 is 15.8 Å². The second-order valence-electron chi connectivity index (χ2n) is 7.17. The number of carbonyl (C=O) groups is 1. The molecule has 9 nitrogen and oxygen atoms in total. The van der Waals surface area contributed by atoms with Crippen LogP contribution in [0, 0.1) is 0 Å². The van der Waals surface area contributed by atoms with Gasteiger partial charge in [-0.2, -0.15) is 4.52 Å². The predicted molar refractivity (Wildman–Crippen MR) is 107 cm³/mol. The molecule has 0 aromatic carbocycles. The lowest BCUT2D eigenvalue weighted by Gasteiger charge is -2.26. The van der Waals surface area contributed by atoms with E-state index in [1.807, 2.05) is 0 Å². The summed E-state index contributed by atoms with van der Waals surface area (Å²) in [6.07, 6.45) is 5.70. The normalized spacial score (nSPS) is 18.5. The predicted octanol–water partition coefficient (Wildman–Crippen LogP) is 0.593. The molecule has 0 atom stereocenters. The third-order valence-corrected chi connectivity index (χ3v) is 6.17. The van der Waals surface area contributed by atoms with Gasteiger partial charge in [0.15, 0.2) is 0 Å². The number of rotatable bonds is 6. The first kappa shape index (κ1) is 19.3. The molecule has 2 aromatic rings. The topological polar surface area (TPSA) is 92.1 Å². The van der Waals surface area contributed by atoms with Crippen LogP contribution >= 0.6 is 11.3 Å². The van der Waals surface area contributed by atoms with E-state index in [4.69, 9.17) is 4.74 Å². The molecule has 28 heavy (non-hydrogen) atoms. The summed E-state index contributed by atoms with van der Waals surface area (Å²) in [5, 5.41) is 8.05. The first-order valence-electron chi connectivity index (χ1n) is 9.94. The fourth-order valence-electron chi connectivity index (χ4n) is 3.57. The van der Waals surface area contributed by atoms with Gasteiger partial charge in [-0.3, -0.25) is 14.5 Å². The van der Waals surface area contributed by atoms with Crippen molar-refractivity contribution in [2.24, 2.45) is 0 Å². The molecule has 0 unspecified atom stereocenters. The van der Waals surface area contributed by atoms with Crippen LogP contribution in [-0.2, 0) is 4.74 Å². The van der Waals surface area contributed by atoms with E-state index in [2.05, 4.69) is 25.2 Å². The van der Waals surface area contributed by atoms with Crippen molar-refractivity contribution in [3.63, 3.8) is 0 Å². The summed E-state index contributed by atoms with van der Waals surface area (Å²) in [5.41, 5.74) is -0.366. The number of morpholine rings is 1. The van der Waals surface area contributed by atoms with Crippen molar-refractivity contribution < 1.29 is 9.53 Å². The number of amides is 1. The molecule has 0 spiro atoms. The maximum absolute atomic E-state index is 12.7. The van der Waals surface area contributed by atoms with Crippen LogP contribution in [0.5, 0.6) is 0 Å². The fourth-order valence-corrected chi connectivity index (χ4v) is 4.48. The van der Waals surface area contributed by atoms with Crippen molar-refractivity contribution in [1.82, 2.24) is 24.8 Å². The van der Waals surface area contributed by atoms with E-state index in [1.165, 1.54) is 28.5 Å². The van der Waals surface area contributed by atoms with Gasteiger partial charge in [0, 0.05) is 38.9 Å². The number of aromatic nitrogens is 3. The Kier molecular flexibility index (Phi) is 6.18. The molecule has 1 N–H and O–H groups in total. The van der Waals surface area contributed by atoms with Crippen LogP contribution in [0.4, 0.5) is 5.13 Å². The maximum Gasteiger partial charge on any atom is 0.288 e. The van der Waals surface area contributed by atoms with Gasteiger partial charge >= 0.3 is 0 Å². The van der Waals surface area contributed by atoms with E-state index < -0.39 is 5.56 Å². The minimum Gasteiger partial charge on any atom is -0.379 e. The zero-order valence-electron chi connectivity index (χ0n) is 15.9. The highest BCUT2D eigenvalue weighted by Crippen LogP contribution is 2.24. The largest absolute Gasteiger partial charge is 0.379 e. The molecule has 10 heteroatoms. The quantitative estimate of drug-likeness (QED) is 0.702. The lowest BCUT2D eigenvalue weighted by molar-refractivity contribution is 0.0374. The van der Waals surface area contributed by atoms with E-state index in [0.29, 0.717) is 11.5 Å². The van der Waals surface area contributed by atoms with E-state index in [1.54, 1.807) is 0 Å². The summed E-state index contributed by atoms with van der Waals surface area (Å²) in [6, 6.07) is 0. The van der Waals surface area contributed by atoms with Gasteiger partial charge in [-0.25, -0.2) is 4.98 Å². The number of fused-ring (bicyclic) bond motifs is 1. The van der Waals surface area contributed by atoms with E-state index in [0.717, 1.165) is 70.3 Å². The third-order valence-electron chi connectivity index (χ3n) is 5.19. The lowest BCUT2D eigenvalue weighted by Crippen LogP contribution is -2.38. The molecule has 1 amide bonds. The van der Waals surface area contributed by atoms with Crippen molar-refractivity contribution in [2.75, 3.05) is 57.4 Å². The van der Waals surface area contributed by atoms with Crippen molar-refractivity contribution in [3.05, 3.63) is 22.1 Å². The zero-order valence-corrected chi connectivity index (χ0v) is 16.7. The number of hydrogen-bond acceptors (Lipinski definition) is 8. The number of nitrogens with one attached hydrogen (secondary N) is 1. The number of hydrogen-bond donors (Lipinski definition) is 1. The highest BCUT2D eigenvalue weighted by molar-refractivity contribution is 7.20. The van der Waals surface area contributed by atoms with Gasteiger partial charge in [0.1, 0.15) is 5.56 Å². The summed E-state index contributed by atoms with van der Waals surface area (Å²) in [6.45, 7) is 6.72. The smallest absolute Gasteiger partial charge is 0.288 e. The van der Waals surface area contributed by atoms with Crippen LogP contribution in [0.3, 0.4) is 0 Å². The molecule has 0 saturated carbocycles. The first-order valence-corrected chi connectivity index (χ1v) is 10.8. The Bertz CT molecular complexity index is 870. The molecule has 152 valence electrons. The zero-order chi connectivity index (χ0) is 19.3. The molecule has 2 fully saturated rings. The van der Waals surface area contributed by atoms with Crippen LogP contribution in [0.1, 0.15) is 36.0 Å². The van der Waals surface area contributed by atoms with E-state index in [-0.39, 0.29) is 11.5 Å². The summed E-state index contributed by atoms with van der Waals surface area (Å²) in [7, 11) is 0. The van der Waals surface area contributed by atoms with Gasteiger partial charge in [0.05, 0.1) is 13.2 Å². The van der Waals surface area contributed by atoms with Crippen molar-refractivity contribution in [3.8, 4) is 0 Å². The number of anilines is 1. The molecule has 2 aliphatic heterocycles. The van der Waals surface area contributed by atoms with Crippen LogP contribution in [0.15, 0.2) is 11.0 Å². The van der Waals surface area contributed by atoms with Gasteiger partial charge in [-0.1, -0.05) is 11.3 Å². The maximum atomic E-state index is 12.7. The molecular formula is C18H26N6O3S. The first-order chi connectivity index (χ1) is 13.7. The van der Waals surface area contributed by atoms with Crippen molar-refractivity contribution >= 4 is 27.3 Å². The molecule has 0 bridgehead atoms. The number of nitrogens with zero attached hydrogens (tertiary/aromatic N) is 5. The van der Waals surface area contributed by atoms with Crippen LogP contribution in [0.2, 0.25) is 0 Å². The Morgan fingerprint density at radius 1 is 1.18 bits per heavy atom. The highest BCUT2D eigenvalue weighted by Gasteiger charge is 2.19. The number of ether oxygens (including phenoxy) is 1. The lowest BCUT2D eigenvalue weighted by atomic mass is 10.1. The molecule has 2 saturated heterocycles. The van der Waals surface area contributed by atoms with E-state index >= 15 is 0 Å². The average molecular weight is 407 g/mol. The second-order valence-corrected chi connectivity index (χ2v) is 8.10. The van der Waals surface area contributed by atoms with Gasteiger partial charge < -0.3 is 15.0 Å². The average Bonchev–Trinajstić information content (AvgIpc) is 3.18. The standard InChI is InChI=1S/C18H26N6O3S/c25-15(19-5-4-6-22-9-11-27-12-10-22)14-13-20-17-24(16(14)26)21-18(28-17)23-7-2-1-3-8-23/h13H,1-12H2,(H,19,25). The van der Waals surface area contributed by atoms with Crippen molar-refractivity contribution in [2.45, 2.75) is 25.7 Å². The second kappa shape index (κ2) is 8.97. The van der Waals surface area contributed by atoms with E-state index in [9.17, 15) is 9.59 Å². The van der Waals surface area contributed by atoms with Gasteiger partial charge in [0.2, 0.25) is 10.1 Å². The Balaban J connectivity index is 1.38. The molecular weight excluding hydrogens is 380 g/mol. The number of piperidine rings is 1. The monoisotopic (exact) mass is 406 g/mol. The molecule has 0 aliphatic carbocycles. The van der Waals surface area contributed by atoms with Crippen LogP contribution in [-0.4, -0.2) is 77.9 Å². The Morgan fingerprint density at radius 3 is 2.75 bits per heavy atom. The summed E-state index contributed by atoms with van der Waals surface area (Å²) in [4.78, 5) is 34.5. The minimum atomic E-state index is -0.407. The molecule has 4 rings (SSSR count). The van der Waals surface area contributed by atoms with Crippen LogP contribution in [0.25, 0.3) is 4.96 Å². The third kappa shape index (κ3) is 4.34. The SMILES string of the molecule is O=C(NCCCN1CCOCC1)c1cnc2sc(N3CCCCC3)nn2c1=O. The Hall–Kier alpha value is -2.04. The van der Waals surface area contributed by atoms with Crippen molar-refractivity contribution in [1.29, 1.82) is 0 Å². The fraction of sp³-hybridized carbons (Fsp3) is 0.667. The van der Waals surface area contributed by atoms with Gasteiger partial charge in [0.25, 0.3) is 11.5 Å². The number of carbonyl (C=O) groups excluding carboxylic acids is 1. The Morgan fingerprint density at radius 2 is 1.96 bits per heavy atom. The highest BCUT2D eigenvalue weighted by atomic mass is 32.1. The Labute approximate surface area is 167 Å². The molecule has 4 heterocycles. The summed E-state index contributed by atoms with van der Waals surface area (Å²) in [5.74, 6) is -0.388. The van der Waals surface area contributed by atoms with Gasteiger partial charge in [-0.05, 0) is 32.2 Å². The molecule has 2 aromatic heterocycles.